The van der Waals surface area contributed by atoms with Gasteiger partial charge < -0.3 is 19.5 Å². The Kier molecular flexibility index (Phi) is 7.57. The number of hydrogen-bond acceptors (Lipinski definition) is 4. The number of halogens is 1. The molecule has 156 valence electrons. The molecule has 0 spiro atoms. The van der Waals surface area contributed by atoms with Gasteiger partial charge in [-0.15, -0.1) is 0 Å². The first kappa shape index (κ1) is 21.5. The minimum Gasteiger partial charge on any atom is -0.493 e. The average molecular weight is 426 g/mol. The Morgan fingerprint density at radius 1 is 0.967 bits per heavy atom. The summed E-state index contributed by atoms with van der Waals surface area (Å²) < 4.78 is 16.8. The largest absolute Gasteiger partial charge is 0.493 e. The summed E-state index contributed by atoms with van der Waals surface area (Å²) in [6, 6.07) is 21.7. The molecule has 0 bridgehead atoms. The zero-order valence-corrected chi connectivity index (χ0v) is 17.7. The summed E-state index contributed by atoms with van der Waals surface area (Å²) in [6.07, 6.45) is 0. The van der Waals surface area contributed by atoms with Crippen LogP contribution in [0, 0.1) is 0 Å². The molecule has 0 aliphatic heterocycles. The van der Waals surface area contributed by atoms with Gasteiger partial charge in [0.25, 0.3) is 5.91 Å². The first-order chi connectivity index (χ1) is 14.6. The van der Waals surface area contributed by atoms with Crippen molar-refractivity contribution in [2.24, 2.45) is 0 Å². The number of amides is 1. The number of nitrogens with one attached hydrogen (secondary N) is 1. The van der Waals surface area contributed by atoms with Gasteiger partial charge in [-0.1, -0.05) is 48.0 Å². The van der Waals surface area contributed by atoms with Crippen molar-refractivity contribution in [3.63, 3.8) is 0 Å². The van der Waals surface area contributed by atoms with E-state index in [1.165, 1.54) is 0 Å². The molecule has 0 aromatic heterocycles. The van der Waals surface area contributed by atoms with Gasteiger partial charge in [0.2, 0.25) is 0 Å². The molecule has 30 heavy (non-hydrogen) atoms. The number of carbonyl (C=O) groups is 1. The fraction of sp³-hybridized carbons (Fsp3) is 0.208. The van der Waals surface area contributed by atoms with Crippen LogP contribution in [0.3, 0.4) is 0 Å². The quantitative estimate of drug-likeness (QED) is 0.516. The predicted octanol–water partition coefficient (Wildman–Crippen LogP) is 5.12. The Balaban J connectivity index is 1.54. The van der Waals surface area contributed by atoms with Gasteiger partial charge in [-0.2, -0.15) is 0 Å². The molecular formula is C24H24ClNO4. The highest BCUT2D eigenvalue weighted by Gasteiger charge is 2.12. The van der Waals surface area contributed by atoms with E-state index in [2.05, 4.69) is 5.32 Å². The van der Waals surface area contributed by atoms with Crippen LogP contribution in [0.1, 0.15) is 22.8 Å². The molecule has 5 nitrogen and oxygen atoms in total. The summed E-state index contributed by atoms with van der Waals surface area (Å²) in [5, 5.41) is 3.58. The molecule has 1 amide bonds. The van der Waals surface area contributed by atoms with Crippen LogP contribution in [-0.4, -0.2) is 25.7 Å². The highest BCUT2D eigenvalue weighted by Crippen LogP contribution is 2.25. The number of hydrogen-bond donors (Lipinski definition) is 1. The van der Waals surface area contributed by atoms with Crippen molar-refractivity contribution in [2.75, 3.05) is 13.7 Å². The molecule has 0 aliphatic carbocycles. The van der Waals surface area contributed by atoms with E-state index in [0.717, 1.165) is 5.56 Å². The molecule has 0 heterocycles. The maximum absolute atomic E-state index is 12.6. The van der Waals surface area contributed by atoms with Gasteiger partial charge in [0.1, 0.15) is 19.0 Å². The van der Waals surface area contributed by atoms with Crippen LogP contribution >= 0.6 is 11.6 Å². The van der Waals surface area contributed by atoms with Crippen molar-refractivity contribution >= 4 is 17.5 Å². The van der Waals surface area contributed by atoms with Crippen LogP contribution < -0.4 is 19.5 Å². The van der Waals surface area contributed by atoms with Crippen molar-refractivity contribution in [3.8, 4) is 17.2 Å². The maximum Gasteiger partial charge on any atom is 0.251 e. The van der Waals surface area contributed by atoms with Crippen LogP contribution in [-0.2, 0) is 6.61 Å². The minimum atomic E-state index is -0.200. The molecule has 0 saturated heterocycles. The third kappa shape index (κ3) is 5.91. The fourth-order valence-corrected chi connectivity index (χ4v) is 3.00. The number of benzene rings is 3. The molecule has 0 saturated carbocycles. The zero-order chi connectivity index (χ0) is 21.3. The second-order valence-corrected chi connectivity index (χ2v) is 7.15. The average Bonchev–Trinajstić information content (AvgIpc) is 2.77. The van der Waals surface area contributed by atoms with E-state index in [1.807, 2.05) is 61.5 Å². The topological polar surface area (TPSA) is 56.8 Å². The summed E-state index contributed by atoms with van der Waals surface area (Å²) >= 11 is 6.16. The molecule has 0 fully saturated rings. The summed E-state index contributed by atoms with van der Waals surface area (Å²) in [6.45, 7) is 2.52. The van der Waals surface area contributed by atoms with Crippen LogP contribution in [0.15, 0.2) is 72.8 Å². The Labute approximate surface area is 181 Å². The van der Waals surface area contributed by atoms with Crippen LogP contribution in [0.4, 0.5) is 0 Å². The summed E-state index contributed by atoms with van der Waals surface area (Å²) in [5.41, 5.74) is 1.40. The molecule has 0 radical (unpaired) electrons. The van der Waals surface area contributed by atoms with Crippen molar-refractivity contribution < 1.29 is 19.0 Å². The fourth-order valence-electron chi connectivity index (χ4n) is 2.81. The van der Waals surface area contributed by atoms with Crippen molar-refractivity contribution in [1.29, 1.82) is 0 Å². The van der Waals surface area contributed by atoms with Gasteiger partial charge in [-0.3, -0.25) is 4.79 Å². The van der Waals surface area contributed by atoms with E-state index in [9.17, 15) is 4.79 Å². The number of para-hydroxylation sites is 2. The molecule has 6 heteroatoms. The standard InChI is InChI=1S/C24H24ClNO4/c1-17(15-30-23-13-6-5-12-22(23)28-2)26-24(27)18-9-7-10-20(14-18)29-16-19-8-3-4-11-21(19)25/h3-14,17H,15-16H2,1-2H3,(H,26,27)/t17-/m1/s1. The lowest BCUT2D eigenvalue weighted by Crippen LogP contribution is -2.36. The third-order valence-electron chi connectivity index (χ3n) is 4.38. The summed E-state index contributed by atoms with van der Waals surface area (Å²) in [7, 11) is 1.59. The van der Waals surface area contributed by atoms with Crippen molar-refractivity contribution in [1.82, 2.24) is 5.32 Å². The number of rotatable bonds is 9. The lowest BCUT2D eigenvalue weighted by atomic mass is 10.2. The van der Waals surface area contributed by atoms with Crippen LogP contribution in [0.2, 0.25) is 5.02 Å². The van der Waals surface area contributed by atoms with E-state index in [0.29, 0.717) is 41.0 Å². The Hall–Kier alpha value is -3.18. The molecule has 3 aromatic rings. The van der Waals surface area contributed by atoms with Gasteiger partial charge in [0.05, 0.1) is 13.2 Å². The smallest absolute Gasteiger partial charge is 0.251 e. The van der Waals surface area contributed by atoms with E-state index in [1.54, 1.807) is 25.3 Å². The molecule has 3 aromatic carbocycles. The molecule has 0 unspecified atom stereocenters. The predicted molar refractivity (Wildman–Crippen MR) is 118 cm³/mol. The zero-order valence-electron chi connectivity index (χ0n) is 16.9. The first-order valence-electron chi connectivity index (χ1n) is 9.59. The van der Waals surface area contributed by atoms with Gasteiger partial charge in [0, 0.05) is 16.1 Å². The van der Waals surface area contributed by atoms with E-state index in [4.69, 9.17) is 25.8 Å². The van der Waals surface area contributed by atoms with E-state index < -0.39 is 0 Å². The first-order valence-corrected chi connectivity index (χ1v) is 9.97. The van der Waals surface area contributed by atoms with Gasteiger partial charge >= 0.3 is 0 Å². The molecule has 3 rings (SSSR count). The minimum absolute atomic E-state index is 0.199. The monoisotopic (exact) mass is 425 g/mol. The third-order valence-corrected chi connectivity index (χ3v) is 4.75. The number of methoxy groups -OCH3 is 1. The van der Waals surface area contributed by atoms with E-state index >= 15 is 0 Å². The second-order valence-electron chi connectivity index (χ2n) is 6.74. The van der Waals surface area contributed by atoms with Gasteiger partial charge in [-0.25, -0.2) is 0 Å². The number of ether oxygens (including phenoxy) is 3. The summed E-state index contributed by atoms with van der Waals surface area (Å²) in [5.74, 6) is 1.69. The van der Waals surface area contributed by atoms with Gasteiger partial charge in [0.15, 0.2) is 11.5 Å². The SMILES string of the molecule is COc1ccccc1OC[C@@H](C)NC(=O)c1cccc(OCc2ccccc2Cl)c1. The Bertz CT molecular complexity index is 992. The number of carbonyl (C=O) groups excluding carboxylic acids is 1. The highest BCUT2D eigenvalue weighted by molar-refractivity contribution is 6.31. The highest BCUT2D eigenvalue weighted by atomic mass is 35.5. The van der Waals surface area contributed by atoms with Crippen molar-refractivity contribution in [2.45, 2.75) is 19.6 Å². The molecule has 0 aliphatic rings. The van der Waals surface area contributed by atoms with E-state index in [-0.39, 0.29) is 11.9 Å². The van der Waals surface area contributed by atoms with Crippen LogP contribution in [0.5, 0.6) is 17.2 Å². The Morgan fingerprint density at radius 3 is 2.47 bits per heavy atom. The van der Waals surface area contributed by atoms with Crippen molar-refractivity contribution in [3.05, 3.63) is 88.9 Å². The maximum atomic E-state index is 12.6. The Morgan fingerprint density at radius 2 is 1.70 bits per heavy atom. The molecule has 1 atom stereocenters. The molecule has 1 N–H and O–H groups in total. The normalized spacial score (nSPS) is 11.4. The second kappa shape index (κ2) is 10.6. The lowest BCUT2D eigenvalue weighted by Gasteiger charge is -2.17. The molecular weight excluding hydrogens is 402 g/mol. The lowest BCUT2D eigenvalue weighted by molar-refractivity contribution is 0.0925. The van der Waals surface area contributed by atoms with Gasteiger partial charge in [-0.05, 0) is 43.3 Å². The summed E-state index contributed by atoms with van der Waals surface area (Å²) in [4.78, 5) is 12.6. The van der Waals surface area contributed by atoms with Crippen LogP contribution in [0.25, 0.3) is 0 Å².